The Morgan fingerprint density at radius 3 is 2.61 bits per heavy atom. The van der Waals surface area contributed by atoms with E-state index < -0.39 is 0 Å². The lowest BCUT2D eigenvalue weighted by atomic mass is 10.1. The van der Waals surface area contributed by atoms with Gasteiger partial charge in [0.2, 0.25) is 5.89 Å². The number of aromatic nitrogens is 1. The van der Waals surface area contributed by atoms with E-state index >= 15 is 0 Å². The molecule has 0 saturated heterocycles. The van der Waals surface area contributed by atoms with E-state index in [0.29, 0.717) is 5.89 Å². The topological polar surface area (TPSA) is 26.0 Å². The van der Waals surface area contributed by atoms with E-state index in [2.05, 4.69) is 12.1 Å². The van der Waals surface area contributed by atoms with Crippen LogP contribution in [0, 0.1) is 0 Å². The Kier molecular flexibility index (Phi) is 2.75. The van der Waals surface area contributed by atoms with Crippen molar-refractivity contribution in [2.75, 3.05) is 0 Å². The highest BCUT2D eigenvalue weighted by molar-refractivity contribution is 7.26. The van der Waals surface area contributed by atoms with Crippen LogP contribution >= 0.6 is 22.9 Å². The summed E-state index contributed by atoms with van der Waals surface area (Å²) in [6.07, 6.45) is 0. The quantitative estimate of drug-likeness (QED) is 0.348. The van der Waals surface area contributed by atoms with Crippen molar-refractivity contribution in [3.05, 3.63) is 65.7 Å². The molecule has 0 N–H and O–H groups in total. The van der Waals surface area contributed by atoms with Crippen molar-refractivity contribution in [3.8, 4) is 11.5 Å². The van der Waals surface area contributed by atoms with Gasteiger partial charge in [0.15, 0.2) is 5.58 Å². The van der Waals surface area contributed by atoms with Crippen molar-refractivity contribution in [2.24, 2.45) is 0 Å². The summed E-state index contributed by atoms with van der Waals surface area (Å²) in [4.78, 5) is 4.76. The van der Waals surface area contributed by atoms with Gasteiger partial charge in [0.05, 0.1) is 0 Å². The Labute approximate surface area is 140 Å². The molecule has 5 aromatic rings. The molecule has 0 aliphatic carbocycles. The SMILES string of the molecule is Clc1ccc2sc3ccc4oc(-c5ccccc5)nc4c3c2c1. The van der Waals surface area contributed by atoms with Crippen molar-refractivity contribution in [3.63, 3.8) is 0 Å². The van der Waals surface area contributed by atoms with Crippen LogP contribution in [0.5, 0.6) is 0 Å². The fraction of sp³-hybridized carbons (Fsp3) is 0. The number of oxazole rings is 1. The molecule has 0 radical (unpaired) electrons. The van der Waals surface area contributed by atoms with E-state index in [1.807, 2.05) is 48.5 Å². The molecular weight excluding hydrogens is 326 g/mol. The van der Waals surface area contributed by atoms with Gasteiger partial charge in [0.1, 0.15) is 5.52 Å². The molecule has 0 aliphatic heterocycles. The number of thiophene rings is 1. The molecule has 23 heavy (non-hydrogen) atoms. The molecule has 0 spiro atoms. The van der Waals surface area contributed by atoms with Crippen LogP contribution in [0.2, 0.25) is 5.02 Å². The Morgan fingerprint density at radius 1 is 0.913 bits per heavy atom. The molecule has 0 amide bonds. The summed E-state index contributed by atoms with van der Waals surface area (Å²) in [6.45, 7) is 0. The normalized spacial score (nSPS) is 11.7. The average molecular weight is 336 g/mol. The predicted molar refractivity (Wildman–Crippen MR) is 97.3 cm³/mol. The minimum absolute atomic E-state index is 0.648. The van der Waals surface area contributed by atoms with Gasteiger partial charge in [-0.3, -0.25) is 0 Å². The maximum absolute atomic E-state index is 6.19. The third kappa shape index (κ3) is 1.97. The van der Waals surface area contributed by atoms with Crippen LogP contribution in [0.1, 0.15) is 0 Å². The number of hydrogen-bond acceptors (Lipinski definition) is 3. The number of benzene rings is 3. The summed E-state index contributed by atoms with van der Waals surface area (Å²) in [5, 5.41) is 2.99. The van der Waals surface area contributed by atoms with Gasteiger partial charge >= 0.3 is 0 Å². The number of rotatable bonds is 1. The molecule has 0 atom stereocenters. The van der Waals surface area contributed by atoms with E-state index in [4.69, 9.17) is 21.0 Å². The summed E-state index contributed by atoms with van der Waals surface area (Å²) in [6, 6.07) is 20.0. The number of hydrogen-bond donors (Lipinski definition) is 0. The van der Waals surface area contributed by atoms with Gasteiger partial charge in [-0.2, -0.15) is 0 Å². The molecular formula is C19H10ClNOS. The zero-order valence-electron chi connectivity index (χ0n) is 11.9. The molecule has 5 rings (SSSR count). The molecule has 2 nitrogen and oxygen atoms in total. The summed E-state index contributed by atoms with van der Waals surface area (Å²) >= 11 is 7.94. The van der Waals surface area contributed by atoms with E-state index in [0.717, 1.165) is 32.5 Å². The van der Waals surface area contributed by atoms with E-state index in [1.54, 1.807) is 11.3 Å². The Bertz CT molecular complexity index is 1170. The highest BCUT2D eigenvalue weighted by Gasteiger charge is 2.15. The van der Waals surface area contributed by atoms with Crippen LogP contribution < -0.4 is 0 Å². The van der Waals surface area contributed by atoms with Crippen LogP contribution in [0.25, 0.3) is 42.7 Å². The van der Waals surface area contributed by atoms with Gasteiger partial charge in [0, 0.05) is 30.8 Å². The van der Waals surface area contributed by atoms with Crippen molar-refractivity contribution >= 4 is 54.2 Å². The molecule has 0 saturated carbocycles. The average Bonchev–Trinajstić information content (AvgIpc) is 3.16. The largest absolute Gasteiger partial charge is 0.436 e. The van der Waals surface area contributed by atoms with Gasteiger partial charge in [0.25, 0.3) is 0 Å². The highest BCUT2D eigenvalue weighted by Crippen LogP contribution is 2.40. The fourth-order valence-corrected chi connectivity index (χ4v) is 4.19. The van der Waals surface area contributed by atoms with Crippen molar-refractivity contribution in [2.45, 2.75) is 0 Å². The smallest absolute Gasteiger partial charge is 0.227 e. The second-order valence-electron chi connectivity index (χ2n) is 5.41. The van der Waals surface area contributed by atoms with Gasteiger partial charge in [-0.1, -0.05) is 29.8 Å². The summed E-state index contributed by atoms with van der Waals surface area (Å²) in [5.74, 6) is 0.648. The van der Waals surface area contributed by atoms with Crippen LogP contribution in [0.3, 0.4) is 0 Å². The number of fused-ring (bicyclic) bond motifs is 5. The Hall–Kier alpha value is -2.36. The Balaban J connectivity index is 1.90. The van der Waals surface area contributed by atoms with Gasteiger partial charge in [-0.15, -0.1) is 11.3 Å². The minimum Gasteiger partial charge on any atom is -0.436 e. The first-order valence-corrected chi connectivity index (χ1v) is 8.46. The minimum atomic E-state index is 0.648. The molecule has 110 valence electrons. The summed E-state index contributed by atoms with van der Waals surface area (Å²) < 4.78 is 8.38. The first-order valence-electron chi connectivity index (χ1n) is 7.26. The van der Waals surface area contributed by atoms with Gasteiger partial charge in [-0.25, -0.2) is 4.98 Å². The standard InChI is InChI=1S/C19H10ClNOS/c20-12-6-8-15-13(10-12)17-16(23-15)9-7-14-18(17)21-19(22-14)11-4-2-1-3-5-11/h1-10H. The van der Waals surface area contributed by atoms with Crippen LogP contribution in [0.4, 0.5) is 0 Å². The summed E-state index contributed by atoms with van der Waals surface area (Å²) in [5.41, 5.74) is 2.68. The second kappa shape index (κ2) is 4.82. The van der Waals surface area contributed by atoms with E-state index in [-0.39, 0.29) is 0 Å². The molecule has 0 fully saturated rings. The molecule has 3 aromatic carbocycles. The van der Waals surface area contributed by atoms with Crippen molar-refractivity contribution in [1.82, 2.24) is 4.98 Å². The first kappa shape index (κ1) is 13.1. The molecule has 0 aliphatic rings. The van der Waals surface area contributed by atoms with Crippen LogP contribution in [-0.4, -0.2) is 4.98 Å². The van der Waals surface area contributed by atoms with Crippen molar-refractivity contribution in [1.29, 1.82) is 0 Å². The zero-order chi connectivity index (χ0) is 15.4. The zero-order valence-corrected chi connectivity index (χ0v) is 13.5. The maximum atomic E-state index is 6.19. The van der Waals surface area contributed by atoms with E-state index in [1.165, 1.54) is 9.40 Å². The lowest BCUT2D eigenvalue weighted by Crippen LogP contribution is -1.75. The first-order chi connectivity index (χ1) is 11.3. The van der Waals surface area contributed by atoms with Crippen molar-refractivity contribution < 1.29 is 4.42 Å². The van der Waals surface area contributed by atoms with Crippen LogP contribution in [-0.2, 0) is 0 Å². The van der Waals surface area contributed by atoms with Gasteiger partial charge < -0.3 is 4.42 Å². The molecule has 2 aromatic heterocycles. The molecule has 0 unspecified atom stereocenters. The molecule has 0 bridgehead atoms. The van der Waals surface area contributed by atoms with Crippen LogP contribution in [0.15, 0.2) is 65.1 Å². The van der Waals surface area contributed by atoms with Gasteiger partial charge in [-0.05, 0) is 42.5 Å². The monoisotopic (exact) mass is 335 g/mol. The number of nitrogens with zero attached hydrogens (tertiary/aromatic N) is 1. The lowest BCUT2D eigenvalue weighted by Gasteiger charge is -1.93. The Morgan fingerprint density at radius 2 is 1.74 bits per heavy atom. The van der Waals surface area contributed by atoms with E-state index in [9.17, 15) is 0 Å². The third-order valence-electron chi connectivity index (χ3n) is 3.97. The highest BCUT2D eigenvalue weighted by atomic mass is 35.5. The second-order valence-corrected chi connectivity index (χ2v) is 6.93. The summed E-state index contributed by atoms with van der Waals surface area (Å²) in [7, 11) is 0. The molecule has 2 heterocycles. The predicted octanol–water partition coefficient (Wildman–Crippen LogP) is 6.52. The number of halogens is 1. The fourth-order valence-electron chi connectivity index (χ4n) is 2.93. The lowest BCUT2D eigenvalue weighted by molar-refractivity contribution is 0.620. The molecule has 4 heteroatoms. The third-order valence-corrected chi connectivity index (χ3v) is 5.35. The maximum Gasteiger partial charge on any atom is 0.227 e.